The Hall–Kier alpha value is -1.60. The highest BCUT2D eigenvalue weighted by atomic mass is 28.3. The van der Waals surface area contributed by atoms with Gasteiger partial charge in [-0.15, -0.1) is 0 Å². The summed E-state index contributed by atoms with van der Waals surface area (Å²) in [5.41, 5.74) is 1.18. The molecule has 0 spiro atoms. The Labute approximate surface area is 97.1 Å². The van der Waals surface area contributed by atoms with Crippen molar-refractivity contribution in [1.82, 2.24) is 5.32 Å². The normalized spacial score (nSPS) is 10.6. The van der Waals surface area contributed by atoms with Crippen LogP contribution < -0.4 is 5.32 Å². The third-order valence-electron chi connectivity index (χ3n) is 2.06. The molecule has 0 saturated carbocycles. The van der Waals surface area contributed by atoms with Gasteiger partial charge in [-0.1, -0.05) is 19.6 Å². The van der Waals surface area contributed by atoms with E-state index in [9.17, 15) is 4.79 Å². The molecule has 0 unspecified atom stereocenters. The van der Waals surface area contributed by atoms with Gasteiger partial charge in [0.15, 0.2) is 0 Å². The number of hydrogen-bond donors (Lipinski definition) is 1. The first-order chi connectivity index (χ1) is 7.42. The lowest BCUT2D eigenvalue weighted by atomic mass is 10.1. The van der Waals surface area contributed by atoms with Crippen LogP contribution in [0.2, 0.25) is 19.6 Å². The van der Waals surface area contributed by atoms with Crippen molar-refractivity contribution in [2.45, 2.75) is 19.6 Å². The molecule has 3 nitrogen and oxygen atoms in total. The number of hydrogen-bond acceptors (Lipinski definition) is 2. The molecule has 1 amide bonds. The molecule has 4 heteroatoms. The van der Waals surface area contributed by atoms with Gasteiger partial charge in [-0.05, 0) is 24.3 Å². The highest BCUT2D eigenvalue weighted by Gasteiger charge is 2.14. The predicted molar refractivity (Wildman–Crippen MR) is 66.8 cm³/mol. The third-order valence-corrected chi connectivity index (χ3v) is 3.29. The molecule has 0 aliphatic heterocycles. The molecule has 0 bridgehead atoms. The number of rotatable bonds is 3. The van der Waals surface area contributed by atoms with Gasteiger partial charge in [0.1, 0.15) is 0 Å². The molecule has 84 valence electrons. The number of carbonyl (C=O) groups excluding carboxylic acids is 1. The van der Waals surface area contributed by atoms with Gasteiger partial charge in [0, 0.05) is 11.7 Å². The molecule has 1 aromatic carbocycles. The molecule has 1 N–H and O–H groups in total. The van der Waals surface area contributed by atoms with Crippen LogP contribution >= 0.6 is 0 Å². The minimum Gasteiger partial charge on any atom is -0.355 e. The van der Waals surface area contributed by atoms with E-state index in [0.717, 1.165) is 6.17 Å². The molecular formula is C12H16N2OSi. The first kappa shape index (κ1) is 12.5. The summed E-state index contributed by atoms with van der Waals surface area (Å²) >= 11 is 0. The van der Waals surface area contributed by atoms with Gasteiger partial charge < -0.3 is 5.32 Å². The van der Waals surface area contributed by atoms with Crippen LogP contribution in [-0.2, 0) is 0 Å². The van der Waals surface area contributed by atoms with E-state index < -0.39 is 8.07 Å². The monoisotopic (exact) mass is 232 g/mol. The second-order valence-electron chi connectivity index (χ2n) is 4.93. The van der Waals surface area contributed by atoms with Gasteiger partial charge in [0.25, 0.3) is 5.91 Å². The third kappa shape index (κ3) is 3.87. The van der Waals surface area contributed by atoms with Crippen molar-refractivity contribution in [2.24, 2.45) is 0 Å². The van der Waals surface area contributed by atoms with Crippen LogP contribution in [0.4, 0.5) is 0 Å². The minimum atomic E-state index is -1.25. The second kappa shape index (κ2) is 4.95. The van der Waals surface area contributed by atoms with E-state index in [1.165, 1.54) is 0 Å². The number of amides is 1. The van der Waals surface area contributed by atoms with Crippen LogP contribution in [-0.4, -0.2) is 20.1 Å². The average molecular weight is 232 g/mol. The Kier molecular flexibility index (Phi) is 3.86. The Morgan fingerprint density at radius 1 is 1.31 bits per heavy atom. The Bertz CT molecular complexity index is 412. The summed E-state index contributed by atoms with van der Waals surface area (Å²) < 4.78 is 0. The van der Waals surface area contributed by atoms with Crippen molar-refractivity contribution in [3.63, 3.8) is 0 Å². The molecule has 0 aliphatic rings. The fraction of sp³-hybridized carbons (Fsp3) is 0.333. The smallest absolute Gasteiger partial charge is 0.251 e. The van der Waals surface area contributed by atoms with Gasteiger partial charge in [-0.25, -0.2) is 0 Å². The largest absolute Gasteiger partial charge is 0.355 e. The summed E-state index contributed by atoms with van der Waals surface area (Å²) in [5, 5.41) is 11.5. The van der Waals surface area contributed by atoms with E-state index in [1.807, 2.05) is 6.07 Å². The molecule has 0 heterocycles. The van der Waals surface area contributed by atoms with Gasteiger partial charge in [-0.2, -0.15) is 5.26 Å². The van der Waals surface area contributed by atoms with E-state index in [0.29, 0.717) is 11.1 Å². The zero-order valence-electron chi connectivity index (χ0n) is 9.87. The molecule has 0 saturated heterocycles. The summed E-state index contributed by atoms with van der Waals surface area (Å²) in [7, 11) is -1.25. The van der Waals surface area contributed by atoms with Crippen molar-refractivity contribution in [3.8, 4) is 6.07 Å². The van der Waals surface area contributed by atoms with Crippen LogP contribution in [0, 0.1) is 11.3 Å². The molecule has 0 aromatic heterocycles. The molecule has 0 aliphatic carbocycles. The van der Waals surface area contributed by atoms with Crippen molar-refractivity contribution in [1.29, 1.82) is 5.26 Å². The maximum absolute atomic E-state index is 11.7. The fourth-order valence-electron chi connectivity index (χ4n) is 1.14. The van der Waals surface area contributed by atoms with Gasteiger partial charge in [0.2, 0.25) is 0 Å². The minimum absolute atomic E-state index is 0.0630. The highest BCUT2D eigenvalue weighted by molar-refractivity contribution is 6.76. The van der Waals surface area contributed by atoms with Crippen molar-refractivity contribution < 1.29 is 4.79 Å². The Morgan fingerprint density at radius 2 is 1.88 bits per heavy atom. The first-order valence-electron chi connectivity index (χ1n) is 5.21. The molecule has 1 rings (SSSR count). The van der Waals surface area contributed by atoms with E-state index in [2.05, 4.69) is 25.0 Å². The Morgan fingerprint density at radius 3 is 2.31 bits per heavy atom. The SMILES string of the molecule is C[Si](C)(C)CNC(=O)c1ccc(C#N)cc1. The summed E-state index contributed by atoms with van der Waals surface area (Å²) in [6.07, 6.45) is 0.770. The summed E-state index contributed by atoms with van der Waals surface area (Å²) in [6, 6.07) is 8.69. The van der Waals surface area contributed by atoms with Gasteiger partial charge >= 0.3 is 0 Å². The predicted octanol–water partition coefficient (Wildman–Crippen LogP) is 2.17. The van der Waals surface area contributed by atoms with Crippen LogP contribution in [0.5, 0.6) is 0 Å². The molecule has 0 fully saturated rings. The quantitative estimate of drug-likeness (QED) is 0.812. The van der Waals surface area contributed by atoms with Crippen molar-refractivity contribution >= 4 is 14.0 Å². The molecule has 0 radical (unpaired) electrons. The summed E-state index contributed by atoms with van der Waals surface area (Å²) in [4.78, 5) is 11.7. The fourth-order valence-corrected chi connectivity index (χ4v) is 1.83. The maximum atomic E-state index is 11.7. The second-order valence-corrected chi connectivity index (χ2v) is 10.4. The molecule has 1 aromatic rings. The topological polar surface area (TPSA) is 52.9 Å². The van der Waals surface area contributed by atoms with Crippen LogP contribution in [0.3, 0.4) is 0 Å². The van der Waals surface area contributed by atoms with E-state index >= 15 is 0 Å². The number of nitrogens with zero attached hydrogens (tertiary/aromatic N) is 1. The number of nitriles is 1. The van der Waals surface area contributed by atoms with Crippen molar-refractivity contribution in [3.05, 3.63) is 35.4 Å². The molecule has 0 atom stereocenters. The van der Waals surface area contributed by atoms with Crippen LogP contribution in [0.15, 0.2) is 24.3 Å². The zero-order chi connectivity index (χ0) is 12.2. The number of benzene rings is 1. The van der Waals surface area contributed by atoms with Crippen molar-refractivity contribution in [2.75, 3.05) is 6.17 Å². The van der Waals surface area contributed by atoms with Crippen LogP contribution in [0.25, 0.3) is 0 Å². The standard InChI is InChI=1S/C12H16N2OSi/c1-16(2,3)9-14-12(15)11-6-4-10(8-13)5-7-11/h4-7H,9H2,1-3H3,(H,14,15). The molecular weight excluding hydrogens is 216 g/mol. The van der Waals surface area contributed by atoms with E-state index in [-0.39, 0.29) is 5.91 Å². The lowest BCUT2D eigenvalue weighted by Gasteiger charge is -2.16. The van der Waals surface area contributed by atoms with E-state index in [1.54, 1.807) is 24.3 Å². The van der Waals surface area contributed by atoms with Crippen LogP contribution in [0.1, 0.15) is 15.9 Å². The number of nitrogens with one attached hydrogen (secondary N) is 1. The molecule has 16 heavy (non-hydrogen) atoms. The average Bonchev–Trinajstić information content (AvgIpc) is 2.25. The summed E-state index contributed by atoms with van der Waals surface area (Å²) in [6.45, 7) is 6.60. The lowest BCUT2D eigenvalue weighted by molar-refractivity contribution is 0.0959. The summed E-state index contributed by atoms with van der Waals surface area (Å²) in [5.74, 6) is -0.0630. The first-order valence-corrected chi connectivity index (χ1v) is 8.91. The maximum Gasteiger partial charge on any atom is 0.251 e. The Balaban J connectivity index is 2.64. The van der Waals surface area contributed by atoms with E-state index in [4.69, 9.17) is 5.26 Å². The lowest BCUT2D eigenvalue weighted by Crippen LogP contribution is -2.39. The number of carbonyl (C=O) groups is 1. The highest BCUT2D eigenvalue weighted by Crippen LogP contribution is 2.04. The zero-order valence-corrected chi connectivity index (χ0v) is 10.9. The van der Waals surface area contributed by atoms with Gasteiger partial charge in [0.05, 0.1) is 19.7 Å². The van der Waals surface area contributed by atoms with Gasteiger partial charge in [-0.3, -0.25) is 4.79 Å².